The van der Waals surface area contributed by atoms with Crippen LogP contribution in [0.3, 0.4) is 0 Å². The zero-order valence-electron chi connectivity index (χ0n) is 5.76. The van der Waals surface area contributed by atoms with E-state index in [1.807, 2.05) is 0 Å². The first kappa shape index (κ1) is 9.13. The highest BCUT2D eigenvalue weighted by Gasteiger charge is 1.89. The Labute approximate surface area is 59.9 Å². The van der Waals surface area contributed by atoms with Crippen LogP contribution in [0.4, 0.5) is 0 Å². The second kappa shape index (κ2) is 6.25. The van der Waals surface area contributed by atoms with E-state index in [4.69, 9.17) is 5.11 Å². The first-order valence-corrected chi connectivity index (χ1v) is 3.03. The van der Waals surface area contributed by atoms with E-state index in [9.17, 15) is 4.79 Å². The number of hydrogen-bond acceptors (Lipinski definition) is 3. The summed E-state index contributed by atoms with van der Waals surface area (Å²) >= 11 is 0. The van der Waals surface area contributed by atoms with Crippen molar-refractivity contribution in [3.05, 3.63) is 12.7 Å². The van der Waals surface area contributed by atoms with E-state index < -0.39 is 0 Å². The van der Waals surface area contributed by atoms with E-state index in [1.54, 1.807) is 0 Å². The molecule has 0 radical (unpaired) electrons. The number of carbonyl (C=O) groups is 1. The predicted molar refractivity (Wildman–Crippen MR) is 38.3 cm³/mol. The summed E-state index contributed by atoms with van der Waals surface area (Å²) in [5.74, 6) is -0.195. The Morgan fingerprint density at radius 2 is 2.30 bits per heavy atom. The Balaban J connectivity index is 3.03. The molecule has 0 bridgehead atoms. The van der Waals surface area contributed by atoms with Gasteiger partial charge in [0, 0.05) is 13.1 Å². The van der Waals surface area contributed by atoms with Gasteiger partial charge in [0.1, 0.15) is 0 Å². The second-order valence-corrected chi connectivity index (χ2v) is 1.65. The first-order valence-electron chi connectivity index (χ1n) is 3.03. The van der Waals surface area contributed by atoms with Crippen LogP contribution in [0.5, 0.6) is 0 Å². The maximum atomic E-state index is 10.5. The molecule has 1 amide bonds. The van der Waals surface area contributed by atoms with E-state index >= 15 is 0 Å². The molecule has 0 atom stereocenters. The molecule has 4 heteroatoms. The van der Waals surface area contributed by atoms with Crippen molar-refractivity contribution in [2.24, 2.45) is 0 Å². The van der Waals surface area contributed by atoms with E-state index in [1.165, 1.54) is 6.08 Å². The van der Waals surface area contributed by atoms with Crippen molar-refractivity contribution in [2.75, 3.05) is 19.8 Å². The van der Waals surface area contributed by atoms with E-state index in [0.29, 0.717) is 13.1 Å². The molecular formula is C6H12N2O2. The normalized spacial score (nSPS) is 8.90. The summed E-state index contributed by atoms with van der Waals surface area (Å²) in [4.78, 5) is 10.5. The largest absolute Gasteiger partial charge is 0.381 e. The molecule has 0 aliphatic heterocycles. The zero-order chi connectivity index (χ0) is 7.82. The van der Waals surface area contributed by atoms with Gasteiger partial charge in [0.05, 0.1) is 6.73 Å². The highest BCUT2D eigenvalue weighted by molar-refractivity contribution is 5.86. The van der Waals surface area contributed by atoms with Gasteiger partial charge >= 0.3 is 0 Å². The minimum Gasteiger partial charge on any atom is -0.381 e. The molecule has 0 heterocycles. The predicted octanol–water partition coefficient (Wildman–Crippen LogP) is -1.17. The van der Waals surface area contributed by atoms with Gasteiger partial charge in [-0.3, -0.25) is 10.1 Å². The molecule has 0 aliphatic carbocycles. The Kier molecular flexibility index (Phi) is 5.71. The molecule has 0 aromatic rings. The summed E-state index contributed by atoms with van der Waals surface area (Å²) in [6.07, 6.45) is 1.21. The van der Waals surface area contributed by atoms with Crippen molar-refractivity contribution in [1.82, 2.24) is 10.6 Å². The Hall–Kier alpha value is -0.870. The van der Waals surface area contributed by atoms with Crippen molar-refractivity contribution >= 4 is 5.91 Å². The van der Waals surface area contributed by atoms with Gasteiger partial charge in [-0.1, -0.05) is 6.58 Å². The molecule has 4 nitrogen and oxygen atoms in total. The third-order valence-corrected chi connectivity index (χ3v) is 0.898. The lowest BCUT2D eigenvalue weighted by Crippen LogP contribution is -2.30. The molecule has 0 saturated carbocycles. The van der Waals surface area contributed by atoms with Gasteiger partial charge in [-0.25, -0.2) is 0 Å². The Bertz CT molecular complexity index is 114. The first-order chi connectivity index (χ1) is 4.81. The number of carbonyl (C=O) groups excluding carboxylic acids is 1. The smallest absolute Gasteiger partial charge is 0.243 e. The minimum absolute atomic E-state index is 0.0655. The zero-order valence-corrected chi connectivity index (χ0v) is 5.76. The number of nitrogens with one attached hydrogen (secondary N) is 2. The van der Waals surface area contributed by atoms with Crippen LogP contribution < -0.4 is 10.6 Å². The van der Waals surface area contributed by atoms with E-state index in [-0.39, 0.29) is 12.6 Å². The summed E-state index contributed by atoms with van der Waals surface area (Å²) in [6.45, 7) is 4.28. The highest BCUT2D eigenvalue weighted by Crippen LogP contribution is 1.64. The van der Waals surface area contributed by atoms with Gasteiger partial charge in [-0.15, -0.1) is 0 Å². The lowest BCUT2D eigenvalue weighted by molar-refractivity contribution is -0.116. The third kappa shape index (κ3) is 5.27. The summed E-state index contributed by atoms with van der Waals surface area (Å²) in [6, 6.07) is 0. The average molecular weight is 144 g/mol. The van der Waals surface area contributed by atoms with Crippen molar-refractivity contribution in [3.63, 3.8) is 0 Å². The van der Waals surface area contributed by atoms with Crippen LogP contribution >= 0.6 is 0 Å². The second-order valence-electron chi connectivity index (χ2n) is 1.65. The van der Waals surface area contributed by atoms with Crippen LogP contribution in [0.1, 0.15) is 0 Å². The summed E-state index contributed by atoms with van der Waals surface area (Å²) in [5.41, 5.74) is 0. The van der Waals surface area contributed by atoms with Gasteiger partial charge in [0.2, 0.25) is 5.91 Å². The topological polar surface area (TPSA) is 61.4 Å². The molecule has 0 rings (SSSR count). The minimum atomic E-state index is -0.195. The molecule has 10 heavy (non-hydrogen) atoms. The number of amides is 1. The van der Waals surface area contributed by atoms with E-state index in [2.05, 4.69) is 17.2 Å². The molecule has 0 saturated heterocycles. The quantitative estimate of drug-likeness (QED) is 0.259. The van der Waals surface area contributed by atoms with Crippen LogP contribution in [-0.4, -0.2) is 30.8 Å². The standard InChI is InChI=1S/C6H12N2O2/c1-2-6(10)8-4-3-7-5-9/h2,7,9H,1,3-5H2,(H,8,10). The Morgan fingerprint density at radius 1 is 1.60 bits per heavy atom. The summed E-state index contributed by atoms with van der Waals surface area (Å²) in [5, 5.41) is 13.4. The summed E-state index contributed by atoms with van der Waals surface area (Å²) in [7, 11) is 0. The number of rotatable bonds is 5. The lowest BCUT2D eigenvalue weighted by Gasteiger charge is -2.00. The van der Waals surface area contributed by atoms with Gasteiger partial charge < -0.3 is 10.4 Å². The van der Waals surface area contributed by atoms with Crippen molar-refractivity contribution < 1.29 is 9.90 Å². The van der Waals surface area contributed by atoms with Crippen LogP contribution in [0.25, 0.3) is 0 Å². The summed E-state index contributed by atoms with van der Waals surface area (Å²) < 4.78 is 0. The van der Waals surface area contributed by atoms with Crippen molar-refractivity contribution in [1.29, 1.82) is 0 Å². The fourth-order valence-corrected chi connectivity index (χ4v) is 0.425. The van der Waals surface area contributed by atoms with Crippen molar-refractivity contribution in [2.45, 2.75) is 0 Å². The average Bonchev–Trinajstić information content (AvgIpc) is 1.98. The fraction of sp³-hybridized carbons (Fsp3) is 0.500. The monoisotopic (exact) mass is 144 g/mol. The highest BCUT2D eigenvalue weighted by atomic mass is 16.3. The molecule has 0 aromatic carbocycles. The molecule has 0 unspecified atom stereocenters. The molecular weight excluding hydrogens is 132 g/mol. The maximum Gasteiger partial charge on any atom is 0.243 e. The molecule has 0 aromatic heterocycles. The molecule has 0 spiro atoms. The van der Waals surface area contributed by atoms with Crippen LogP contribution in [-0.2, 0) is 4.79 Å². The van der Waals surface area contributed by atoms with Crippen LogP contribution in [0, 0.1) is 0 Å². The third-order valence-electron chi connectivity index (χ3n) is 0.898. The van der Waals surface area contributed by atoms with E-state index in [0.717, 1.165) is 0 Å². The SMILES string of the molecule is C=CC(=O)NCCNCO. The number of aliphatic hydroxyl groups is 1. The van der Waals surface area contributed by atoms with Gasteiger partial charge in [0.15, 0.2) is 0 Å². The molecule has 0 fully saturated rings. The van der Waals surface area contributed by atoms with Crippen LogP contribution in [0.15, 0.2) is 12.7 Å². The molecule has 58 valence electrons. The molecule has 3 N–H and O–H groups in total. The van der Waals surface area contributed by atoms with Crippen LogP contribution in [0.2, 0.25) is 0 Å². The molecule has 0 aliphatic rings. The van der Waals surface area contributed by atoms with Gasteiger partial charge in [-0.2, -0.15) is 0 Å². The fourth-order valence-electron chi connectivity index (χ4n) is 0.425. The lowest BCUT2D eigenvalue weighted by atomic mass is 10.5. The van der Waals surface area contributed by atoms with Gasteiger partial charge in [0.25, 0.3) is 0 Å². The Morgan fingerprint density at radius 3 is 2.80 bits per heavy atom. The van der Waals surface area contributed by atoms with Gasteiger partial charge in [-0.05, 0) is 6.08 Å². The maximum absolute atomic E-state index is 10.5. The number of aliphatic hydroxyl groups excluding tert-OH is 1. The number of hydrogen-bond donors (Lipinski definition) is 3. The van der Waals surface area contributed by atoms with Crippen molar-refractivity contribution in [3.8, 4) is 0 Å².